The number of hydrogen-bond acceptors (Lipinski definition) is 3. The van der Waals surface area contributed by atoms with E-state index in [-0.39, 0.29) is 24.9 Å². The van der Waals surface area contributed by atoms with Gasteiger partial charge in [0.1, 0.15) is 0 Å². The van der Waals surface area contributed by atoms with Gasteiger partial charge < -0.3 is 15.7 Å². The molecule has 0 saturated heterocycles. The zero-order valence-electron chi connectivity index (χ0n) is 11.7. The van der Waals surface area contributed by atoms with Gasteiger partial charge in [-0.15, -0.1) is 0 Å². The van der Waals surface area contributed by atoms with Crippen molar-refractivity contribution in [2.45, 2.75) is 31.3 Å². The third-order valence-electron chi connectivity index (χ3n) is 3.65. The van der Waals surface area contributed by atoms with Crippen LogP contribution in [0.1, 0.15) is 36.0 Å². The van der Waals surface area contributed by atoms with Crippen LogP contribution in [0.15, 0.2) is 28.7 Å². The maximum atomic E-state index is 11.9. The lowest BCUT2D eigenvalue weighted by atomic mass is 10.0. The number of benzene rings is 1. The van der Waals surface area contributed by atoms with Gasteiger partial charge in [-0.3, -0.25) is 9.59 Å². The van der Waals surface area contributed by atoms with E-state index in [1.54, 1.807) is 18.2 Å². The van der Waals surface area contributed by atoms with Gasteiger partial charge in [0.15, 0.2) is 0 Å². The zero-order valence-corrected chi connectivity index (χ0v) is 13.3. The fourth-order valence-electron chi connectivity index (χ4n) is 2.43. The minimum atomic E-state index is -0.774. The lowest BCUT2D eigenvalue weighted by molar-refractivity contribution is -0.121. The Hall–Kier alpha value is -1.40. The summed E-state index contributed by atoms with van der Waals surface area (Å²) < 4.78 is 0.808. The normalized spacial score (nSPS) is 16.5. The van der Waals surface area contributed by atoms with Crippen LogP contribution in [0.3, 0.4) is 0 Å². The Morgan fingerprint density at radius 2 is 1.95 bits per heavy atom. The predicted octanol–water partition coefficient (Wildman–Crippen LogP) is 1.60. The minimum Gasteiger partial charge on any atom is -0.388 e. The monoisotopic (exact) mass is 354 g/mol. The van der Waals surface area contributed by atoms with Gasteiger partial charge in [-0.05, 0) is 31.0 Å². The highest BCUT2D eigenvalue weighted by atomic mass is 79.9. The first-order valence-electron chi connectivity index (χ1n) is 7.01. The molecular formula is C15H19BrN2O3. The summed E-state index contributed by atoms with van der Waals surface area (Å²) in [6.07, 6.45) is 3.42. The number of amides is 2. The van der Waals surface area contributed by atoms with Crippen molar-refractivity contribution < 1.29 is 14.7 Å². The van der Waals surface area contributed by atoms with Gasteiger partial charge in [-0.1, -0.05) is 34.8 Å². The summed E-state index contributed by atoms with van der Waals surface area (Å²) in [7, 11) is 0. The van der Waals surface area contributed by atoms with Crippen molar-refractivity contribution in [3.63, 3.8) is 0 Å². The molecule has 1 aromatic carbocycles. The third-order valence-corrected chi connectivity index (χ3v) is 4.14. The van der Waals surface area contributed by atoms with E-state index >= 15 is 0 Å². The molecule has 0 aromatic heterocycles. The van der Waals surface area contributed by atoms with Crippen LogP contribution in [-0.4, -0.2) is 35.6 Å². The molecular weight excluding hydrogens is 336 g/mol. The van der Waals surface area contributed by atoms with Crippen molar-refractivity contribution >= 4 is 27.7 Å². The molecule has 3 N–H and O–H groups in total. The quantitative estimate of drug-likeness (QED) is 0.751. The van der Waals surface area contributed by atoms with E-state index in [0.717, 1.165) is 30.2 Å². The Kier molecular flexibility index (Phi) is 5.36. The Labute approximate surface area is 132 Å². The van der Waals surface area contributed by atoms with Gasteiger partial charge in [-0.25, -0.2) is 0 Å². The van der Waals surface area contributed by atoms with Crippen molar-refractivity contribution in [1.29, 1.82) is 0 Å². The van der Waals surface area contributed by atoms with Crippen LogP contribution in [0.4, 0.5) is 0 Å². The maximum absolute atomic E-state index is 11.9. The summed E-state index contributed by atoms with van der Waals surface area (Å²) in [6.45, 7) is 0.153. The standard InChI is InChI=1S/C15H19BrN2O3/c16-12-5-3-4-11(8-12)14(20)17-9-13(19)18-10-15(21)6-1-2-7-15/h3-5,8,21H,1-2,6-7,9-10H2,(H,17,20)(H,18,19). The molecule has 6 heteroatoms. The molecule has 1 aliphatic carbocycles. The Bertz CT molecular complexity index is 527. The second-order valence-corrected chi connectivity index (χ2v) is 6.32. The molecule has 0 heterocycles. The zero-order chi connectivity index (χ0) is 15.3. The van der Waals surface area contributed by atoms with Crippen molar-refractivity contribution in [3.8, 4) is 0 Å². The van der Waals surface area contributed by atoms with Crippen molar-refractivity contribution in [3.05, 3.63) is 34.3 Å². The molecule has 0 atom stereocenters. The third kappa shape index (κ3) is 4.82. The topological polar surface area (TPSA) is 78.4 Å². The van der Waals surface area contributed by atoms with E-state index < -0.39 is 5.60 Å². The van der Waals surface area contributed by atoms with Crippen molar-refractivity contribution in [1.82, 2.24) is 10.6 Å². The van der Waals surface area contributed by atoms with E-state index in [2.05, 4.69) is 26.6 Å². The molecule has 0 spiro atoms. The van der Waals surface area contributed by atoms with Crippen LogP contribution < -0.4 is 10.6 Å². The Morgan fingerprint density at radius 3 is 2.62 bits per heavy atom. The van der Waals surface area contributed by atoms with Crippen LogP contribution in [0.2, 0.25) is 0 Å². The second-order valence-electron chi connectivity index (χ2n) is 5.40. The highest BCUT2D eigenvalue weighted by Crippen LogP contribution is 2.28. The molecule has 0 bridgehead atoms. The average Bonchev–Trinajstić information content (AvgIpc) is 2.90. The molecule has 2 rings (SSSR count). The van der Waals surface area contributed by atoms with E-state index in [1.807, 2.05) is 6.07 Å². The first kappa shape index (κ1) is 16.0. The van der Waals surface area contributed by atoms with E-state index in [1.165, 1.54) is 0 Å². The van der Waals surface area contributed by atoms with Gasteiger partial charge in [-0.2, -0.15) is 0 Å². The summed E-state index contributed by atoms with van der Waals surface area (Å²) in [5.41, 5.74) is -0.282. The fraction of sp³-hybridized carbons (Fsp3) is 0.467. The molecule has 0 radical (unpaired) electrons. The number of carbonyl (C=O) groups excluding carboxylic acids is 2. The van der Waals surface area contributed by atoms with E-state index in [9.17, 15) is 14.7 Å². The van der Waals surface area contributed by atoms with Crippen molar-refractivity contribution in [2.75, 3.05) is 13.1 Å². The molecule has 21 heavy (non-hydrogen) atoms. The summed E-state index contributed by atoms with van der Waals surface area (Å²) >= 11 is 3.29. The first-order valence-corrected chi connectivity index (χ1v) is 7.81. The lowest BCUT2D eigenvalue weighted by Gasteiger charge is -2.22. The maximum Gasteiger partial charge on any atom is 0.251 e. The molecule has 1 saturated carbocycles. The van der Waals surface area contributed by atoms with Crippen LogP contribution in [-0.2, 0) is 4.79 Å². The largest absolute Gasteiger partial charge is 0.388 e. The summed E-state index contributed by atoms with van der Waals surface area (Å²) in [5.74, 6) is -0.593. The molecule has 0 unspecified atom stereocenters. The molecule has 1 fully saturated rings. The van der Waals surface area contributed by atoms with Crippen LogP contribution in [0.25, 0.3) is 0 Å². The second kappa shape index (κ2) is 7.04. The highest BCUT2D eigenvalue weighted by Gasteiger charge is 2.31. The number of carbonyl (C=O) groups is 2. The average molecular weight is 355 g/mol. The van der Waals surface area contributed by atoms with Gasteiger partial charge in [0.2, 0.25) is 5.91 Å². The molecule has 5 nitrogen and oxygen atoms in total. The highest BCUT2D eigenvalue weighted by molar-refractivity contribution is 9.10. The number of nitrogens with one attached hydrogen (secondary N) is 2. The van der Waals surface area contributed by atoms with Gasteiger partial charge >= 0.3 is 0 Å². The Balaban J connectivity index is 1.75. The number of rotatable bonds is 5. The molecule has 1 aromatic rings. The summed E-state index contributed by atoms with van der Waals surface area (Å²) in [4.78, 5) is 23.6. The van der Waals surface area contributed by atoms with Gasteiger partial charge in [0.25, 0.3) is 5.91 Å². The van der Waals surface area contributed by atoms with Crippen LogP contribution in [0.5, 0.6) is 0 Å². The number of halogens is 1. The predicted molar refractivity (Wildman–Crippen MR) is 82.9 cm³/mol. The Morgan fingerprint density at radius 1 is 1.24 bits per heavy atom. The smallest absolute Gasteiger partial charge is 0.251 e. The number of hydrogen-bond donors (Lipinski definition) is 3. The molecule has 1 aliphatic rings. The SMILES string of the molecule is O=C(CNC(=O)c1cccc(Br)c1)NCC1(O)CCCC1. The van der Waals surface area contributed by atoms with Crippen LogP contribution in [0, 0.1) is 0 Å². The van der Waals surface area contributed by atoms with E-state index in [0.29, 0.717) is 5.56 Å². The fourth-order valence-corrected chi connectivity index (χ4v) is 2.83. The van der Waals surface area contributed by atoms with Crippen LogP contribution >= 0.6 is 15.9 Å². The number of aliphatic hydroxyl groups is 1. The summed E-state index contributed by atoms with van der Waals surface area (Å²) in [6, 6.07) is 6.95. The first-order chi connectivity index (χ1) is 9.98. The molecule has 2 amide bonds. The minimum absolute atomic E-state index is 0.0958. The lowest BCUT2D eigenvalue weighted by Crippen LogP contribution is -2.44. The summed E-state index contributed by atoms with van der Waals surface area (Å²) in [5, 5.41) is 15.3. The molecule has 0 aliphatic heterocycles. The van der Waals surface area contributed by atoms with Gasteiger partial charge in [0, 0.05) is 16.6 Å². The van der Waals surface area contributed by atoms with E-state index in [4.69, 9.17) is 0 Å². The van der Waals surface area contributed by atoms with Gasteiger partial charge in [0.05, 0.1) is 12.1 Å². The van der Waals surface area contributed by atoms with Crippen molar-refractivity contribution in [2.24, 2.45) is 0 Å². The molecule has 114 valence electrons.